The summed E-state index contributed by atoms with van der Waals surface area (Å²) in [5.41, 5.74) is 2.60. The molecule has 2 unspecified atom stereocenters. The molecule has 6 rings (SSSR count). The molecule has 43 heavy (non-hydrogen) atoms. The largest absolute Gasteiger partial charge is 0.387 e. The quantitative estimate of drug-likeness (QED) is 0.130. The normalized spacial score (nSPS) is 25.0. The van der Waals surface area contributed by atoms with Crippen molar-refractivity contribution in [3.63, 3.8) is 0 Å². The Morgan fingerprint density at radius 1 is 0.953 bits per heavy atom. The molecule has 228 valence electrons. The molecule has 2 aliphatic rings. The molecule has 0 bridgehead atoms. The number of fused-ring (bicyclic) bond motifs is 1. The van der Waals surface area contributed by atoms with Gasteiger partial charge >= 0.3 is 15.2 Å². The number of hydrogen-bond donors (Lipinski definition) is 5. The molecular weight excluding hydrogens is 624 g/mol. The van der Waals surface area contributed by atoms with Crippen LogP contribution in [0.5, 0.6) is 0 Å². The fourth-order valence-electron chi connectivity index (χ4n) is 5.64. The maximum Gasteiger partial charge on any atom is 0.340 e. The lowest BCUT2D eigenvalue weighted by Crippen LogP contribution is -2.60. The van der Waals surface area contributed by atoms with Crippen molar-refractivity contribution in [3.05, 3.63) is 83.4 Å². The predicted octanol–water partition coefficient (Wildman–Crippen LogP) is 2.24. The van der Waals surface area contributed by atoms with Crippen molar-refractivity contribution < 1.29 is 43.3 Å². The molecule has 5 atom stereocenters. The van der Waals surface area contributed by atoms with Crippen LogP contribution in [-0.2, 0) is 23.8 Å². The van der Waals surface area contributed by atoms with E-state index in [0.29, 0.717) is 24.4 Å². The molecule has 2 fully saturated rings. The molecule has 0 radical (unpaired) electrons. The highest BCUT2D eigenvalue weighted by Crippen LogP contribution is 2.55. The number of halogens is 1. The fourth-order valence-corrected chi connectivity index (χ4v) is 8.37. The Balaban J connectivity index is 1.26. The van der Waals surface area contributed by atoms with E-state index in [-0.39, 0.29) is 16.3 Å². The van der Waals surface area contributed by atoms with Gasteiger partial charge in [-0.1, -0.05) is 60.7 Å². The first-order chi connectivity index (χ1) is 20.4. The van der Waals surface area contributed by atoms with Crippen LogP contribution in [0.1, 0.15) is 17.4 Å². The number of anilines is 1. The highest BCUT2D eigenvalue weighted by molar-refractivity contribution is 7.70. The summed E-state index contributed by atoms with van der Waals surface area (Å²) in [7, 11) is -9.56. The topological polar surface area (TPSA) is 201 Å². The first-order valence-corrected chi connectivity index (χ1v) is 17.1. The Kier molecular flexibility index (Phi) is 7.97. The molecule has 2 aliphatic heterocycles. The second-order valence-electron chi connectivity index (χ2n) is 10.6. The predicted molar refractivity (Wildman–Crippen MR) is 155 cm³/mol. The minimum absolute atomic E-state index is 0.0762. The maximum atomic E-state index is 12.0. The average molecular weight is 652 g/mol. The molecule has 2 saturated heterocycles. The van der Waals surface area contributed by atoms with E-state index in [1.54, 1.807) is 0 Å². The zero-order chi connectivity index (χ0) is 30.6. The summed E-state index contributed by atoms with van der Waals surface area (Å²) in [4.78, 5) is 43.0. The molecule has 0 aliphatic carbocycles. The van der Waals surface area contributed by atoms with Crippen molar-refractivity contribution >= 4 is 43.8 Å². The van der Waals surface area contributed by atoms with E-state index in [1.807, 2.05) is 41.3 Å². The van der Waals surface area contributed by atoms with Crippen LogP contribution >= 0.6 is 26.8 Å². The van der Waals surface area contributed by atoms with Gasteiger partial charge in [0.05, 0.1) is 18.3 Å². The van der Waals surface area contributed by atoms with E-state index in [2.05, 4.69) is 39.2 Å². The van der Waals surface area contributed by atoms with E-state index < -0.39 is 52.2 Å². The smallest absolute Gasteiger partial charge is 0.340 e. The number of nitrogens with zero attached hydrogens (tertiary/aromatic N) is 5. The number of aliphatic hydroxyl groups is 2. The first-order valence-electron chi connectivity index (χ1n) is 13.2. The minimum atomic E-state index is -4.85. The fraction of sp³-hybridized carbons (Fsp3) is 0.346. The lowest BCUT2D eigenvalue weighted by Gasteiger charge is -2.51. The zero-order valence-corrected chi connectivity index (χ0v) is 24.9. The molecular formula is C26H28ClN5O9P2. The number of aliphatic hydroxyl groups excluding tert-OH is 2. The van der Waals surface area contributed by atoms with Crippen molar-refractivity contribution in [2.45, 2.75) is 30.0 Å². The zero-order valence-electron chi connectivity index (χ0n) is 22.4. The van der Waals surface area contributed by atoms with E-state index in [9.17, 15) is 24.2 Å². The number of aromatic nitrogens is 4. The van der Waals surface area contributed by atoms with Gasteiger partial charge in [-0.05, 0) is 22.7 Å². The van der Waals surface area contributed by atoms with Gasteiger partial charge in [0.25, 0.3) is 0 Å². The number of ether oxygens (including phenoxy) is 1. The second kappa shape index (κ2) is 11.3. The third-order valence-corrected chi connectivity index (χ3v) is 11.3. The van der Waals surface area contributed by atoms with Crippen molar-refractivity contribution in [3.8, 4) is 0 Å². The Morgan fingerprint density at radius 2 is 1.56 bits per heavy atom. The molecule has 17 heteroatoms. The van der Waals surface area contributed by atoms with Crippen LogP contribution in [0.3, 0.4) is 0 Å². The molecule has 2 aromatic heterocycles. The number of rotatable bonds is 9. The van der Waals surface area contributed by atoms with E-state index in [4.69, 9.17) is 30.6 Å². The van der Waals surface area contributed by atoms with Crippen LogP contribution in [-0.4, -0.2) is 88.3 Å². The lowest BCUT2D eigenvalue weighted by atomic mass is 9.68. The second-order valence-corrected chi connectivity index (χ2v) is 14.9. The molecule has 0 amide bonds. The van der Waals surface area contributed by atoms with Gasteiger partial charge in [0.15, 0.2) is 29.1 Å². The maximum absolute atomic E-state index is 12.0. The van der Waals surface area contributed by atoms with E-state index in [0.717, 1.165) is 11.1 Å². The summed E-state index contributed by atoms with van der Waals surface area (Å²) in [6.07, 6.45) is -4.29. The minimum Gasteiger partial charge on any atom is -0.387 e. The number of hydrogen-bond acceptors (Lipinski definition) is 10. The molecule has 2 aromatic carbocycles. The van der Waals surface area contributed by atoms with Crippen LogP contribution in [0.2, 0.25) is 5.28 Å². The Hall–Kier alpha value is -2.74. The van der Waals surface area contributed by atoms with Gasteiger partial charge in [-0.3, -0.25) is 13.7 Å². The van der Waals surface area contributed by atoms with Crippen LogP contribution in [0.4, 0.5) is 5.82 Å². The monoisotopic (exact) mass is 651 g/mol. The number of benzene rings is 2. The van der Waals surface area contributed by atoms with Gasteiger partial charge in [0.1, 0.15) is 18.3 Å². The molecule has 5 N–H and O–H groups in total. The van der Waals surface area contributed by atoms with Crippen LogP contribution in [0.25, 0.3) is 11.2 Å². The molecule has 4 aromatic rings. The van der Waals surface area contributed by atoms with Crippen LogP contribution in [0.15, 0.2) is 67.0 Å². The van der Waals surface area contributed by atoms with E-state index >= 15 is 0 Å². The Morgan fingerprint density at radius 3 is 2.14 bits per heavy atom. The van der Waals surface area contributed by atoms with Gasteiger partial charge in [-0.2, -0.15) is 9.97 Å². The number of imidazole rings is 1. The summed E-state index contributed by atoms with van der Waals surface area (Å²) in [6.45, 7) is 0.435. The Labute approximate surface area is 250 Å². The summed E-state index contributed by atoms with van der Waals surface area (Å²) in [5, 5.41) is 21.3. The highest BCUT2D eigenvalue weighted by atomic mass is 35.5. The molecule has 14 nitrogen and oxygen atoms in total. The standard InChI is InChI=1S/C26H28ClN5O9P2/c27-25-29-22(31-12-26(13-31,16-7-3-1-4-8-16)17-9-5-2-6-10-17)19-23(30-25)32(14-28-19)24-21(34)20(33)18(41-24)11-40-43(38,39)15-42(35,36)37/h1-10,14,18,20-21,24,33-34H,11-13,15H2,(H,38,39)(H2,35,36,37)/t18-,20+,21?,24-/m1/s1. The van der Waals surface area contributed by atoms with Crippen molar-refractivity contribution in [1.82, 2.24) is 19.5 Å². The highest BCUT2D eigenvalue weighted by Gasteiger charge is 2.48. The lowest BCUT2D eigenvalue weighted by molar-refractivity contribution is -0.0483. The summed E-state index contributed by atoms with van der Waals surface area (Å²) in [5.74, 6) is -0.923. The third-order valence-electron chi connectivity index (χ3n) is 7.66. The summed E-state index contributed by atoms with van der Waals surface area (Å²) >= 11 is 6.35. The molecule has 0 spiro atoms. The van der Waals surface area contributed by atoms with Crippen LogP contribution in [0, 0.1) is 0 Å². The Bertz CT molecular complexity index is 1680. The third kappa shape index (κ3) is 5.88. The average Bonchev–Trinajstić information content (AvgIpc) is 3.47. The summed E-state index contributed by atoms with van der Waals surface area (Å²) in [6, 6.07) is 20.3. The van der Waals surface area contributed by atoms with Gasteiger partial charge in [-0.15, -0.1) is 0 Å². The van der Waals surface area contributed by atoms with E-state index in [1.165, 1.54) is 10.9 Å². The first kappa shape index (κ1) is 30.3. The molecule has 4 heterocycles. The van der Waals surface area contributed by atoms with Gasteiger partial charge in [0, 0.05) is 13.1 Å². The van der Waals surface area contributed by atoms with Gasteiger partial charge in [0.2, 0.25) is 5.28 Å². The van der Waals surface area contributed by atoms with Gasteiger partial charge in [-0.25, -0.2) is 4.98 Å². The SMILES string of the molecule is O=P(O)(O)CP(=O)(O)OC[C@H]1O[C@@H](n2cnc3c(N4CC(c5ccccc5)(c5ccccc5)C4)nc(Cl)nc32)C(O)[C@H]1O. The molecule has 0 saturated carbocycles. The van der Waals surface area contributed by atoms with Gasteiger partial charge < -0.3 is 39.1 Å². The van der Waals surface area contributed by atoms with Crippen molar-refractivity contribution in [2.24, 2.45) is 0 Å². The van der Waals surface area contributed by atoms with Crippen LogP contribution < -0.4 is 4.90 Å². The van der Waals surface area contributed by atoms with Crippen molar-refractivity contribution in [1.29, 1.82) is 0 Å². The van der Waals surface area contributed by atoms with Crippen molar-refractivity contribution in [2.75, 3.05) is 30.5 Å². The summed E-state index contributed by atoms with van der Waals surface area (Å²) < 4.78 is 35.1.